The zero-order valence-electron chi connectivity index (χ0n) is 13.4. The van der Waals surface area contributed by atoms with Crippen molar-refractivity contribution < 1.29 is 19.4 Å². The molecule has 0 atom stereocenters. The van der Waals surface area contributed by atoms with E-state index in [9.17, 15) is 14.7 Å². The summed E-state index contributed by atoms with van der Waals surface area (Å²) in [5, 5.41) is 10.2. The number of hydrogen-bond donors (Lipinski definition) is 1. The quantitative estimate of drug-likeness (QED) is 0.603. The van der Waals surface area contributed by atoms with Crippen LogP contribution in [-0.4, -0.2) is 36.2 Å². The number of aliphatic hydroxyl groups is 1. The van der Waals surface area contributed by atoms with Crippen molar-refractivity contribution in [2.24, 2.45) is 10.4 Å². The first-order valence-electron chi connectivity index (χ1n) is 7.36. The number of aliphatic imine (C=N–C) groups is 1. The Balaban J connectivity index is 3.02. The van der Waals surface area contributed by atoms with Gasteiger partial charge in [-0.05, 0) is 11.8 Å². The van der Waals surface area contributed by atoms with Crippen LogP contribution in [0.3, 0.4) is 0 Å². The van der Waals surface area contributed by atoms with Gasteiger partial charge in [0.2, 0.25) is 0 Å². The maximum Gasteiger partial charge on any atom is 0.305 e. The van der Waals surface area contributed by atoms with Crippen LogP contribution in [0.5, 0.6) is 0 Å². The Morgan fingerprint density at radius 2 is 2.00 bits per heavy atom. The highest BCUT2D eigenvalue weighted by atomic mass is 16.5. The Labute approximate surface area is 126 Å². The Morgan fingerprint density at radius 3 is 2.52 bits per heavy atom. The monoisotopic (exact) mass is 295 g/mol. The van der Waals surface area contributed by atoms with Gasteiger partial charge in [-0.2, -0.15) is 0 Å². The number of allylic oxidation sites excluding steroid dienone is 2. The summed E-state index contributed by atoms with van der Waals surface area (Å²) in [6.45, 7) is 6.47. The predicted octanol–water partition coefficient (Wildman–Crippen LogP) is 2.99. The second kappa shape index (κ2) is 7.38. The summed E-state index contributed by atoms with van der Waals surface area (Å²) < 4.78 is 4.62. The number of ether oxygens (including phenoxy) is 1. The molecule has 0 spiro atoms. The van der Waals surface area contributed by atoms with Gasteiger partial charge in [0.05, 0.1) is 19.1 Å². The van der Waals surface area contributed by atoms with E-state index >= 15 is 0 Å². The number of methoxy groups -OCH3 is 1. The Bertz CT molecular complexity index is 475. The lowest BCUT2D eigenvalue weighted by Gasteiger charge is -2.30. The van der Waals surface area contributed by atoms with Crippen LogP contribution >= 0.6 is 0 Å². The molecule has 118 valence electrons. The molecular weight excluding hydrogens is 270 g/mol. The van der Waals surface area contributed by atoms with Crippen molar-refractivity contribution >= 4 is 17.5 Å². The van der Waals surface area contributed by atoms with Gasteiger partial charge >= 0.3 is 5.97 Å². The highest BCUT2D eigenvalue weighted by molar-refractivity contribution is 6.23. The molecule has 0 radical (unpaired) electrons. The van der Waals surface area contributed by atoms with Gasteiger partial charge in [0.1, 0.15) is 5.76 Å². The first kappa shape index (κ1) is 17.4. The van der Waals surface area contributed by atoms with E-state index < -0.39 is 0 Å². The molecular formula is C16H25NO4. The molecule has 0 fully saturated rings. The van der Waals surface area contributed by atoms with Gasteiger partial charge in [0, 0.05) is 31.5 Å². The Morgan fingerprint density at radius 1 is 1.33 bits per heavy atom. The molecule has 1 rings (SSSR count). The molecule has 0 bridgehead atoms. The summed E-state index contributed by atoms with van der Waals surface area (Å²) in [5.74, 6) is -0.345. The van der Waals surface area contributed by atoms with Crippen LogP contribution in [0.15, 0.2) is 16.3 Å². The molecule has 5 nitrogen and oxygen atoms in total. The van der Waals surface area contributed by atoms with Gasteiger partial charge in [0.15, 0.2) is 5.78 Å². The van der Waals surface area contributed by atoms with Crippen LogP contribution in [0.1, 0.15) is 52.9 Å². The standard InChI is InChI=1S/C16H25NO4/c1-5-8-17-11(6-7-14(20)21-4)15-12(18)9-16(2,3)10-13(15)19/h18H,5-10H2,1-4H3. The third kappa shape index (κ3) is 4.99. The van der Waals surface area contributed by atoms with E-state index in [1.54, 1.807) is 0 Å². The van der Waals surface area contributed by atoms with E-state index in [0.717, 1.165) is 6.42 Å². The molecule has 5 heteroatoms. The smallest absolute Gasteiger partial charge is 0.305 e. The number of nitrogens with zero attached hydrogens (tertiary/aromatic N) is 1. The highest BCUT2D eigenvalue weighted by Gasteiger charge is 2.34. The number of carbonyl (C=O) groups is 2. The third-order valence-corrected chi connectivity index (χ3v) is 3.46. The fourth-order valence-corrected chi connectivity index (χ4v) is 2.47. The van der Waals surface area contributed by atoms with Crippen LogP contribution in [-0.2, 0) is 14.3 Å². The van der Waals surface area contributed by atoms with E-state index in [4.69, 9.17) is 0 Å². The first-order valence-corrected chi connectivity index (χ1v) is 7.36. The average Bonchev–Trinajstić information content (AvgIpc) is 2.38. The fourth-order valence-electron chi connectivity index (χ4n) is 2.47. The van der Waals surface area contributed by atoms with Gasteiger partial charge in [-0.1, -0.05) is 20.8 Å². The largest absolute Gasteiger partial charge is 0.511 e. The molecule has 1 aliphatic carbocycles. The van der Waals surface area contributed by atoms with E-state index in [1.807, 2.05) is 20.8 Å². The summed E-state index contributed by atoms with van der Waals surface area (Å²) in [6, 6.07) is 0. The zero-order chi connectivity index (χ0) is 16.0. The lowest BCUT2D eigenvalue weighted by atomic mass is 9.75. The number of carbonyl (C=O) groups excluding carboxylic acids is 2. The molecule has 0 saturated heterocycles. The molecule has 21 heavy (non-hydrogen) atoms. The minimum absolute atomic E-state index is 0.0935. The zero-order valence-corrected chi connectivity index (χ0v) is 13.4. The number of aliphatic hydroxyl groups excluding tert-OH is 1. The third-order valence-electron chi connectivity index (χ3n) is 3.46. The molecule has 0 heterocycles. The van der Waals surface area contributed by atoms with E-state index in [2.05, 4.69) is 9.73 Å². The van der Waals surface area contributed by atoms with Gasteiger partial charge < -0.3 is 9.84 Å². The predicted molar refractivity (Wildman–Crippen MR) is 81.5 cm³/mol. The Hall–Kier alpha value is -1.65. The lowest BCUT2D eigenvalue weighted by molar-refractivity contribution is -0.140. The molecule has 0 aromatic carbocycles. The maximum absolute atomic E-state index is 12.3. The van der Waals surface area contributed by atoms with Gasteiger partial charge in [0.25, 0.3) is 0 Å². The molecule has 0 saturated carbocycles. The first-order chi connectivity index (χ1) is 9.80. The molecule has 0 amide bonds. The van der Waals surface area contributed by atoms with Gasteiger partial charge in [-0.15, -0.1) is 0 Å². The van der Waals surface area contributed by atoms with Gasteiger partial charge in [-0.3, -0.25) is 14.6 Å². The van der Waals surface area contributed by atoms with Crippen molar-refractivity contribution in [3.8, 4) is 0 Å². The average molecular weight is 295 g/mol. The van der Waals surface area contributed by atoms with Gasteiger partial charge in [-0.25, -0.2) is 0 Å². The van der Waals surface area contributed by atoms with Crippen molar-refractivity contribution in [1.29, 1.82) is 0 Å². The van der Waals surface area contributed by atoms with E-state index in [1.165, 1.54) is 7.11 Å². The minimum atomic E-state index is -0.345. The van der Waals surface area contributed by atoms with E-state index in [0.29, 0.717) is 37.1 Å². The molecule has 0 unspecified atom stereocenters. The van der Waals surface area contributed by atoms with Crippen molar-refractivity contribution in [1.82, 2.24) is 0 Å². The van der Waals surface area contributed by atoms with Crippen molar-refractivity contribution in [3.63, 3.8) is 0 Å². The summed E-state index contributed by atoms with van der Waals surface area (Å²) in [7, 11) is 1.33. The number of hydrogen-bond acceptors (Lipinski definition) is 5. The summed E-state index contributed by atoms with van der Waals surface area (Å²) >= 11 is 0. The molecule has 0 aromatic rings. The number of Topliss-reactive ketones (excluding diaryl/α,β-unsaturated/α-hetero) is 1. The molecule has 1 N–H and O–H groups in total. The number of ketones is 1. The number of rotatable bonds is 6. The van der Waals surface area contributed by atoms with Crippen LogP contribution < -0.4 is 0 Å². The number of esters is 1. The van der Waals surface area contributed by atoms with Crippen LogP contribution in [0.2, 0.25) is 0 Å². The van der Waals surface area contributed by atoms with Crippen molar-refractivity contribution in [2.45, 2.75) is 52.9 Å². The normalized spacial score (nSPS) is 18.9. The molecule has 0 aromatic heterocycles. The SMILES string of the molecule is CCCN=C(CCC(=O)OC)C1=C(O)CC(C)(C)CC1=O. The minimum Gasteiger partial charge on any atom is -0.511 e. The van der Waals surface area contributed by atoms with Crippen molar-refractivity contribution in [3.05, 3.63) is 11.3 Å². The van der Waals surface area contributed by atoms with Crippen molar-refractivity contribution in [2.75, 3.05) is 13.7 Å². The second-order valence-corrected chi connectivity index (χ2v) is 6.17. The Kier molecular flexibility index (Phi) is 6.12. The van der Waals surface area contributed by atoms with E-state index in [-0.39, 0.29) is 29.3 Å². The summed E-state index contributed by atoms with van der Waals surface area (Å²) in [6.07, 6.45) is 2.16. The van der Waals surface area contributed by atoms with Crippen LogP contribution in [0, 0.1) is 5.41 Å². The lowest BCUT2D eigenvalue weighted by Crippen LogP contribution is -2.29. The van der Waals surface area contributed by atoms with Crippen LogP contribution in [0.4, 0.5) is 0 Å². The van der Waals surface area contributed by atoms with Crippen LogP contribution in [0.25, 0.3) is 0 Å². The fraction of sp³-hybridized carbons (Fsp3) is 0.688. The summed E-state index contributed by atoms with van der Waals surface area (Å²) in [5.41, 5.74) is 0.606. The summed E-state index contributed by atoms with van der Waals surface area (Å²) in [4.78, 5) is 28.0. The second-order valence-electron chi connectivity index (χ2n) is 6.17. The molecule has 0 aliphatic heterocycles. The highest BCUT2D eigenvalue weighted by Crippen LogP contribution is 2.36. The topological polar surface area (TPSA) is 76.0 Å². The molecule has 1 aliphatic rings. The maximum atomic E-state index is 12.3.